The lowest BCUT2D eigenvalue weighted by Crippen LogP contribution is -2.39. The van der Waals surface area contributed by atoms with Crippen LogP contribution in [0.2, 0.25) is 0 Å². The fourth-order valence-corrected chi connectivity index (χ4v) is 3.88. The topological polar surface area (TPSA) is 111 Å². The van der Waals surface area contributed by atoms with Crippen LogP contribution in [-0.2, 0) is 38.3 Å². The van der Waals surface area contributed by atoms with Crippen LogP contribution >= 0.6 is 0 Å². The number of nitrogens with zero attached hydrogens (tertiary/aromatic N) is 6. The van der Waals surface area contributed by atoms with E-state index in [1.165, 1.54) is 11.8 Å². The molecule has 0 bridgehead atoms. The maximum Gasteiger partial charge on any atom is 0.417 e. The summed E-state index contributed by atoms with van der Waals surface area (Å²) in [6.45, 7) is 1.87. The number of fused-ring (bicyclic) bond motifs is 3. The van der Waals surface area contributed by atoms with Crippen LogP contribution in [0.4, 0.5) is 26.3 Å². The van der Waals surface area contributed by atoms with Gasteiger partial charge in [-0.15, -0.1) is 5.11 Å². The van der Waals surface area contributed by atoms with E-state index in [0.29, 0.717) is 18.0 Å². The number of carbonyl (C=O) groups excluding carboxylic acids is 2. The number of rotatable bonds is 7. The SMILES string of the molecule is C[C@H](COCCC(=O)N1CCn2c(nc3cc(C(F)(F)F)cnc32)C1)OC1=CN=NC(=O)C1C(F)(F)F. The highest BCUT2D eigenvalue weighted by Crippen LogP contribution is 2.36. The van der Waals surface area contributed by atoms with Crippen LogP contribution in [0.5, 0.6) is 0 Å². The maximum atomic E-state index is 13.1. The van der Waals surface area contributed by atoms with Gasteiger partial charge in [-0.3, -0.25) is 9.59 Å². The molecule has 37 heavy (non-hydrogen) atoms. The molecule has 2 aliphatic heterocycles. The van der Waals surface area contributed by atoms with Gasteiger partial charge in [-0.05, 0) is 13.0 Å². The second kappa shape index (κ2) is 10.1. The van der Waals surface area contributed by atoms with Gasteiger partial charge in [0.1, 0.15) is 23.2 Å². The summed E-state index contributed by atoms with van der Waals surface area (Å²) in [5.41, 5.74) is -0.527. The van der Waals surface area contributed by atoms with Gasteiger partial charge < -0.3 is 18.9 Å². The van der Waals surface area contributed by atoms with Gasteiger partial charge in [-0.2, -0.15) is 31.5 Å². The Morgan fingerprint density at radius 3 is 2.68 bits per heavy atom. The summed E-state index contributed by atoms with van der Waals surface area (Å²) in [5, 5.41) is 6.11. The Morgan fingerprint density at radius 2 is 1.97 bits per heavy atom. The zero-order chi connectivity index (χ0) is 27.0. The Kier molecular flexibility index (Phi) is 7.21. The second-order valence-electron chi connectivity index (χ2n) is 8.37. The number of hydrogen-bond acceptors (Lipinski definition) is 7. The Morgan fingerprint density at radius 1 is 1.22 bits per heavy atom. The number of imidazole rings is 1. The molecule has 4 heterocycles. The number of carbonyl (C=O) groups is 2. The largest absolute Gasteiger partial charge is 0.490 e. The molecule has 200 valence electrons. The average molecular weight is 534 g/mol. The maximum absolute atomic E-state index is 13.1. The van der Waals surface area contributed by atoms with Crippen LogP contribution in [0.25, 0.3) is 11.2 Å². The molecule has 16 heteroatoms. The third kappa shape index (κ3) is 5.89. The molecular weight excluding hydrogens is 514 g/mol. The third-order valence-corrected chi connectivity index (χ3v) is 5.62. The molecule has 2 aromatic heterocycles. The fourth-order valence-electron chi connectivity index (χ4n) is 3.88. The van der Waals surface area contributed by atoms with E-state index in [9.17, 15) is 35.9 Å². The van der Waals surface area contributed by atoms with Crippen LogP contribution in [0.3, 0.4) is 0 Å². The highest BCUT2D eigenvalue weighted by molar-refractivity contribution is 5.83. The van der Waals surface area contributed by atoms with E-state index in [4.69, 9.17) is 9.47 Å². The molecule has 4 rings (SSSR count). The molecule has 0 saturated carbocycles. The third-order valence-electron chi connectivity index (χ3n) is 5.62. The summed E-state index contributed by atoms with van der Waals surface area (Å²) >= 11 is 0. The number of ether oxygens (including phenoxy) is 2. The van der Waals surface area contributed by atoms with Gasteiger partial charge in [0, 0.05) is 19.3 Å². The van der Waals surface area contributed by atoms with Crippen LogP contribution in [0.1, 0.15) is 24.7 Å². The standard InChI is InChI=1S/C21H20F6N6O4/c1-11(37-14-8-29-31-19(35)17(14)21(25,26)27)10-36-5-2-16(34)32-3-4-33-15(9-32)30-13-6-12(20(22,23)24)7-28-18(13)33/h6-8,11,17H,2-5,9-10H2,1H3/t11-,17?/m1/s1. The lowest BCUT2D eigenvalue weighted by molar-refractivity contribution is -0.183. The molecule has 10 nitrogen and oxygen atoms in total. The first-order valence-electron chi connectivity index (χ1n) is 11.0. The van der Waals surface area contributed by atoms with Crippen molar-refractivity contribution in [3.63, 3.8) is 0 Å². The number of hydrogen-bond donors (Lipinski definition) is 0. The predicted molar refractivity (Wildman–Crippen MR) is 111 cm³/mol. The Balaban J connectivity index is 1.26. The molecule has 0 aliphatic carbocycles. The quantitative estimate of drug-likeness (QED) is 0.397. The summed E-state index contributed by atoms with van der Waals surface area (Å²) in [6.07, 6.45) is -8.90. The van der Waals surface area contributed by atoms with Gasteiger partial charge in [-0.25, -0.2) is 9.97 Å². The Hall–Kier alpha value is -3.56. The molecule has 1 unspecified atom stereocenters. The lowest BCUT2D eigenvalue weighted by atomic mass is 10.1. The zero-order valence-corrected chi connectivity index (χ0v) is 19.2. The van der Waals surface area contributed by atoms with Crippen molar-refractivity contribution in [2.24, 2.45) is 16.1 Å². The number of amides is 2. The van der Waals surface area contributed by atoms with Crippen LogP contribution in [0, 0.1) is 5.92 Å². The van der Waals surface area contributed by atoms with Gasteiger partial charge in [0.05, 0.1) is 37.9 Å². The first kappa shape index (κ1) is 26.5. The van der Waals surface area contributed by atoms with Gasteiger partial charge in [0.2, 0.25) is 5.91 Å². The number of pyridine rings is 1. The van der Waals surface area contributed by atoms with E-state index in [2.05, 4.69) is 20.2 Å². The molecular formula is C21H20F6N6O4. The smallest absolute Gasteiger partial charge is 0.417 e. The van der Waals surface area contributed by atoms with Crippen molar-refractivity contribution < 1.29 is 45.4 Å². The monoisotopic (exact) mass is 534 g/mol. The molecule has 2 atom stereocenters. The van der Waals surface area contributed by atoms with E-state index in [1.54, 1.807) is 4.57 Å². The minimum atomic E-state index is -4.89. The Bertz CT molecular complexity index is 1250. The van der Waals surface area contributed by atoms with Crippen molar-refractivity contribution >= 4 is 23.0 Å². The van der Waals surface area contributed by atoms with Crippen molar-refractivity contribution in [2.45, 2.75) is 44.9 Å². The van der Waals surface area contributed by atoms with Gasteiger partial charge >= 0.3 is 12.4 Å². The summed E-state index contributed by atoms with van der Waals surface area (Å²) in [4.78, 5) is 33.6. The Labute approximate surface area is 204 Å². The summed E-state index contributed by atoms with van der Waals surface area (Å²) in [5.74, 6) is -4.60. The van der Waals surface area contributed by atoms with Crippen molar-refractivity contribution in [1.82, 2.24) is 19.4 Å². The van der Waals surface area contributed by atoms with Gasteiger partial charge in [-0.1, -0.05) is 0 Å². The van der Waals surface area contributed by atoms with Crippen molar-refractivity contribution in [3.8, 4) is 0 Å². The molecule has 0 radical (unpaired) electrons. The van der Waals surface area contributed by atoms with Gasteiger partial charge in [0.25, 0.3) is 5.91 Å². The van der Waals surface area contributed by atoms with Crippen molar-refractivity contribution in [3.05, 3.63) is 35.6 Å². The fraction of sp³-hybridized carbons (Fsp3) is 0.524. The van der Waals surface area contributed by atoms with E-state index in [1.807, 2.05) is 0 Å². The normalized spacial score (nSPS) is 19.1. The van der Waals surface area contributed by atoms with E-state index in [0.717, 1.165) is 18.5 Å². The number of aromatic nitrogens is 3. The first-order valence-corrected chi connectivity index (χ1v) is 11.0. The summed E-state index contributed by atoms with van der Waals surface area (Å²) in [7, 11) is 0. The molecule has 2 aromatic rings. The molecule has 0 fully saturated rings. The molecule has 0 aromatic carbocycles. The van der Waals surface area contributed by atoms with Gasteiger partial charge in [0.15, 0.2) is 11.6 Å². The van der Waals surface area contributed by atoms with Crippen LogP contribution in [-0.4, -0.2) is 63.3 Å². The second-order valence-corrected chi connectivity index (χ2v) is 8.37. The van der Waals surface area contributed by atoms with E-state index >= 15 is 0 Å². The molecule has 0 spiro atoms. The van der Waals surface area contributed by atoms with Crippen LogP contribution in [0.15, 0.2) is 34.5 Å². The number of alkyl halides is 6. The number of halogens is 6. The average Bonchev–Trinajstić information content (AvgIpc) is 3.17. The molecule has 2 aliphatic rings. The minimum Gasteiger partial charge on any atom is -0.490 e. The van der Waals surface area contributed by atoms with Crippen molar-refractivity contribution in [2.75, 3.05) is 19.8 Å². The highest BCUT2D eigenvalue weighted by atomic mass is 19.4. The summed E-state index contributed by atoms with van der Waals surface area (Å²) in [6, 6.07) is 0.913. The van der Waals surface area contributed by atoms with E-state index < -0.39 is 41.6 Å². The molecule has 0 saturated heterocycles. The van der Waals surface area contributed by atoms with E-state index in [-0.39, 0.29) is 44.1 Å². The highest BCUT2D eigenvalue weighted by Gasteiger charge is 2.50. The number of azo groups is 1. The predicted octanol–water partition coefficient (Wildman–Crippen LogP) is 3.62. The van der Waals surface area contributed by atoms with Crippen LogP contribution < -0.4 is 0 Å². The minimum absolute atomic E-state index is 0.0516. The molecule has 2 amide bonds. The summed E-state index contributed by atoms with van der Waals surface area (Å²) < 4.78 is 90.4. The molecule has 0 N–H and O–H groups in total. The van der Waals surface area contributed by atoms with Crippen molar-refractivity contribution in [1.29, 1.82) is 0 Å². The zero-order valence-electron chi connectivity index (χ0n) is 19.2. The first-order chi connectivity index (χ1) is 17.3. The lowest BCUT2D eigenvalue weighted by Gasteiger charge is -2.28.